The van der Waals surface area contributed by atoms with Crippen molar-refractivity contribution in [3.05, 3.63) is 65.9 Å². The van der Waals surface area contributed by atoms with Crippen LogP contribution in [0.3, 0.4) is 0 Å². The van der Waals surface area contributed by atoms with E-state index in [0.717, 1.165) is 42.9 Å². The molecule has 34 heavy (non-hydrogen) atoms. The number of hydrogen-bond acceptors (Lipinski definition) is 3. The highest BCUT2D eigenvalue weighted by atomic mass is 16.5. The van der Waals surface area contributed by atoms with E-state index < -0.39 is 5.97 Å². The molecule has 0 aromatic heterocycles. The van der Waals surface area contributed by atoms with Crippen LogP contribution in [-0.4, -0.2) is 23.9 Å². The molecule has 1 aliphatic carbocycles. The first kappa shape index (κ1) is 27.6. The molecule has 1 aliphatic rings. The van der Waals surface area contributed by atoms with Gasteiger partial charge in [-0.05, 0) is 54.7 Å². The Balaban J connectivity index is 1.78. The van der Waals surface area contributed by atoms with Gasteiger partial charge >= 0.3 is 5.97 Å². The molecule has 0 amide bonds. The lowest BCUT2D eigenvalue weighted by Crippen LogP contribution is -2.25. The molecule has 0 radical (unpaired) electrons. The standard InChI is InChI=1S/C30H43NO3/c1-4-6-7-8-9-10-11-12-23-34-28-15-13-26(14-16-28)24-31-27-17-20-30(21-18-27,25(3)5-2)22-19-29(32)33/h13-20,22,24-25H,4-12,21,23H2,1-3H3,(H,32,33)/b22-19+,31-24+. The first-order valence-corrected chi connectivity index (χ1v) is 13.1. The fourth-order valence-corrected chi connectivity index (χ4v) is 4.24. The number of nitrogens with zero attached hydrogens (tertiary/aromatic N) is 1. The second kappa shape index (κ2) is 15.3. The van der Waals surface area contributed by atoms with E-state index in [0.29, 0.717) is 5.92 Å². The number of unbranched alkanes of at least 4 members (excludes halogenated alkanes) is 7. The monoisotopic (exact) mass is 465 g/mol. The van der Waals surface area contributed by atoms with Gasteiger partial charge in [-0.3, -0.25) is 4.99 Å². The summed E-state index contributed by atoms with van der Waals surface area (Å²) in [5.74, 6) is 0.342. The highest BCUT2D eigenvalue weighted by Crippen LogP contribution is 2.40. The molecule has 0 fully saturated rings. The van der Waals surface area contributed by atoms with Crippen molar-refractivity contribution in [3.63, 3.8) is 0 Å². The zero-order chi connectivity index (χ0) is 24.7. The number of allylic oxidation sites excluding steroid dienone is 4. The molecular formula is C30H43NO3. The lowest BCUT2D eigenvalue weighted by atomic mass is 9.70. The van der Waals surface area contributed by atoms with Crippen molar-refractivity contribution in [2.45, 2.75) is 85.0 Å². The maximum atomic E-state index is 11.0. The molecule has 2 unspecified atom stereocenters. The molecule has 1 N–H and O–H groups in total. The quantitative estimate of drug-likeness (QED) is 0.152. The summed E-state index contributed by atoms with van der Waals surface area (Å²) < 4.78 is 5.88. The van der Waals surface area contributed by atoms with Gasteiger partial charge in [-0.25, -0.2) is 4.79 Å². The van der Waals surface area contributed by atoms with E-state index in [1.807, 2.05) is 42.6 Å². The van der Waals surface area contributed by atoms with Gasteiger partial charge in [-0.2, -0.15) is 0 Å². The number of hydrogen-bond donors (Lipinski definition) is 1. The maximum absolute atomic E-state index is 11.0. The Bertz CT molecular complexity index is 850. The zero-order valence-electron chi connectivity index (χ0n) is 21.3. The third-order valence-electron chi connectivity index (χ3n) is 6.80. The van der Waals surface area contributed by atoms with Crippen LogP contribution in [-0.2, 0) is 4.79 Å². The van der Waals surface area contributed by atoms with E-state index >= 15 is 0 Å². The number of carboxylic acid groups (broad SMARTS) is 1. The predicted molar refractivity (Wildman–Crippen MR) is 143 cm³/mol. The van der Waals surface area contributed by atoms with Gasteiger partial charge in [0.2, 0.25) is 0 Å². The molecule has 0 spiro atoms. The van der Waals surface area contributed by atoms with Crippen molar-refractivity contribution >= 4 is 12.2 Å². The van der Waals surface area contributed by atoms with Crippen LogP contribution in [0.1, 0.15) is 90.5 Å². The van der Waals surface area contributed by atoms with Crippen LogP contribution in [0.4, 0.5) is 0 Å². The summed E-state index contributed by atoms with van der Waals surface area (Å²) in [5.41, 5.74) is 1.66. The van der Waals surface area contributed by atoms with Gasteiger partial charge in [-0.15, -0.1) is 0 Å². The molecule has 0 aliphatic heterocycles. The number of rotatable bonds is 16. The minimum absolute atomic E-state index is 0.264. The molecule has 0 saturated heterocycles. The molecule has 0 heterocycles. The van der Waals surface area contributed by atoms with Gasteiger partial charge in [0.25, 0.3) is 0 Å². The van der Waals surface area contributed by atoms with Crippen molar-refractivity contribution in [1.82, 2.24) is 0 Å². The first-order chi connectivity index (χ1) is 16.5. The van der Waals surface area contributed by atoms with Crippen LogP contribution >= 0.6 is 0 Å². The lowest BCUT2D eigenvalue weighted by Gasteiger charge is -2.34. The van der Waals surface area contributed by atoms with Crippen molar-refractivity contribution < 1.29 is 14.6 Å². The van der Waals surface area contributed by atoms with Gasteiger partial charge in [0.1, 0.15) is 5.75 Å². The Labute approximate surface area is 206 Å². The smallest absolute Gasteiger partial charge is 0.328 e. The first-order valence-electron chi connectivity index (χ1n) is 13.1. The minimum atomic E-state index is -0.908. The third kappa shape index (κ3) is 9.70. The Morgan fingerprint density at radius 3 is 2.35 bits per heavy atom. The van der Waals surface area contributed by atoms with Gasteiger partial charge in [0.15, 0.2) is 0 Å². The summed E-state index contributed by atoms with van der Waals surface area (Å²) in [4.78, 5) is 15.6. The summed E-state index contributed by atoms with van der Waals surface area (Å²) in [7, 11) is 0. The Morgan fingerprint density at radius 1 is 1.09 bits per heavy atom. The molecule has 0 saturated carbocycles. The van der Waals surface area contributed by atoms with E-state index in [1.54, 1.807) is 0 Å². The molecule has 1 aromatic rings. The van der Waals surface area contributed by atoms with E-state index in [9.17, 15) is 4.79 Å². The van der Waals surface area contributed by atoms with Crippen LogP contribution < -0.4 is 4.74 Å². The Hall–Kier alpha value is -2.62. The van der Waals surface area contributed by atoms with Gasteiger partial charge in [0.05, 0.1) is 12.3 Å². The van der Waals surface area contributed by atoms with Crippen LogP contribution in [0, 0.1) is 11.3 Å². The van der Waals surface area contributed by atoms with E-state index in [-0.39, 0.29) is 5.41 Å². The zero-order valence-corrected chi connectivity index (χ0v) is 21.3. The number of ether oxygens (including phenoxy) is 1. The average molecular weight is 466 g/mol. The fourth-order valence-electron chi connectivity index (χ4n) is 4.24. The topological polar surface area (TPSA) is 58.9 Å². The number of carbonyl (C=O) groups is 1. The van der Waals surface area contributed by atoms with Crippen molar-refractivity contribution in [1.29, 1.82) is 0 Å². The highest BCUT2D eigenvalue weighted by molar-refractivity contribution is 5.81. The van der Waals surface area contributed by atoms with E-state index in [2.05, 4.69) is 37.9 Å². The Kier molecular flexibility index (Phi) is 12.4. The maximum Gasteiger partial charge on any atom is 0.328 e. The number of aliphatic carboxylic acids is 1. The second-order valence-corrected chi connectivity index (χ2v) is 9.41. The summed E-state index contributed by atoms with van der Waals surface area (Å²) >= 11 is 0. The molecule has 186 valence electrons. The van der Waals surface area contributed by atoms with Crippen molar-refractivity contribution in [3.8, 4) is 5.75 Å². The normalized spacial score (nSPS) is 19.0. The number of aliphatic imine (C=N–C) groups is 1. The van der Waals surface area contributed by atoms with Gasteiger partial charge in [-0.1, -0.05) is 90.4 Å². The number of benzene rings is 1. The van der Waals surface area contributed by atoms with Crippen LogP contribution in [0.15, 0.2) is 65.3 Å². The average Bonchev–Trinajstić information content (AvgIpc) is 2.86. The summed E-state index contributed by atoms with van der Waals surface area (Å²) in [6.45, 7) is 7.33. The fraction of sp³-hybridized carbons (Fsp3) is 0.533. The second-order valence-electron chi connectivity index (χ2n) is 9.41. The van der Waals surface area contributed by atoms with E-state index in [1.165, 1.54) is 51.0 Å². The molecule has 0 bridgehead atoms. The molecule has 4 heteroatoms. The highest BCUT2D eigenvalue weighted by Gasteiger charge is 2.31. The predicted octanol–water partition coefficient (Wildman–Crippen LogP) is 8.14. The SMILES string of the molecule is CCCCCCCCCCOc1ccc(/C=N/C2=CCC(/C=C/C(=O)O)(C(C)CC)C=C2)cc1. The third-order valence-corrected chi connectivity index (χ3v) is 6.80. The molecular weight excluding hydrogens is 422 g/mol. The molecule has 2 rings (SSSR count). The Morgan fingerprint density at radius 2 is 1.76 bits per heavy atom. The van der Waals surface area contributed by atoms with Crippen molar-refractivity contribution in [2.75, 3.05) is 6.61 Å². The number of carboxylic acids is 1. The van der Waals surface area contributed by atoms with Crippen LogP contribution in [0.5, 0.6) is 5.75 Å². The lowest BCUT2D eigenvalue weighted by molar-refractivity contribution is -0.131. The van der Waals surface area contributed by atoms with Crippen LogP contribution in [0.25, 0.3) is 0 Å². The van der Waals surface area contributed by atoms with Crippen LogP contribution in [0.2, 0.25) is 0 Å². The molecule has 2 atom stereocenters. The van der Waals surface area contributed by atoms with Gasteiger partial charge in [0, 0.05) is 17.7 Å². The largest absolute Gasteiger partial charge is 0.494 e. The minimum Gasteiger partial charge on any atom is -0.494 e. The summed E-state index contributed by atoms with van der Waals surface area (Å²) in [5, 5.41) is 9.05. The summed E-state index contributed by atoms with van der Waals surface area (Å²) in [6.07, 6.45) is 23.3. The molecule has 4 nitrogen and oxygen atoms in total. The van der Waals surface area contributed by atoms with Gasteiger partial charge < -0.3 is 9.84 Å². The summed E-state index contributed by atoms with van der Waals surface area (Å²) in [6, 6.07) is 8.06. The molecule has 1 aromatic carbocycles. The van der Waals surface area contributed by atoms with Crippen molar-refractivity contribution in [2.24, 2.45) is 16.3 Å². The van der Waals surface area contributed by atoms with E-state index in [4.69, 9.17) is 9.84 Å².